The first kappa shape index (κ1) is 16.7. The highest BCUT2D eigenvalue weighted by molar-refractivity contribution is 5.74. The number of aromatic nitrogens is 4. The van der Waals surface area contributed by atoms with E-state index in [0.717, 1.165) is 49.8 Å². The van der Waals surface area contributed by atoms with E-state index in [4.69, 9.17) is 9.84 Å². The van der Waals surface area contributed by atoms with Crippen molar-refractivity contribution in [1.82, 2.24) is 30.0 Å². The summed E-state index contributed by atoms with van der Waals surface area (Å²) in [6.07, 6.45) is 4.62. The van der Waals surface area contributed by atoms with Gasteiger partial charge in [0, 0.05) is 39.2 Å². The summed E-state index contributed by atoms with van der Waals surface area (Å²) in [5.74, 6) is 2.38. The van der Waals surface area contributed by atoms with Crippen molar-refractivity contribution < 1.29 is 9.53 Å². The van der Waals surface area contributed by atoms with E-state index in [-0.39, 0.29) is 18.2 Å². The second-order valence-electron chi connectivity index (χ2n) is 7.78. The monoisotopic (exact) mass is 371 g/mol. The van der Waals surface area contributed by atoms with E-state index in [9.17, 15) is 4.79 Å². The Labute approximate surface area is 157 Å². The van der Waals surface area contributed by atoms with Crippen LogP contribution in [-0.2, 0) is 4.74 Å². The van der Waals surface area contributed by atoms with Gasteiger partial charge in [0.1, 0.15) is 5.82 Å². The molecule has 27 heavy (non-hydrogen) atoms. The first-order valence-electron chi connectivity index (χ1n) is 9.78. The molecular weight excluding hydrogens is 346 g/mol. The van der Waals surface area contributed by atoms with Gasteiger partial charge in [-0.1, -0.05) is 0 Å². The first-order valence-corrected chi connectivity index (χ1v) is 9.78. The second kappa shape index (κ2) is 6.63. The average Bonchev–Trinajstić information content (AvgIpc) is 3.18. The van der Waals surface area contributed by atoms with Crippen LogP contribution in [0.2, 0.25) is 0 Å². The van der Waals surface area contributed by atoms with Crippen LogP contribution in [0.1, 0.15) is 37.4 Å². The fourth-order valence-corrected chi connectivity index (χ4v) is 3.74. The number of amides is 2. The Balaban J connectivity index is 1.18. The number of nitrogens with zero attached hydrogens (tertiary/aromatic N) is 6. The van der Waals surface area contributed by atoms with Crippen LogP contribution < -0.4 is 10.2 Å². The number of hydrogen-bond donors (Lipinski definition) is 1. The van der Waals surface area contributed by atoms with Gasteiger partial charge in [0.25, 0.3) is 0 Å². The predicted molar refractivity (Wildman–Crippen MR) is 98.9 cm³/mol. The summed E-state index contributed by atoms with van der Waals surface area (Å²) in [5.41, 5.74) is 0.795. The molecule has 0 aromatic carbocycles. The number of carbonyl (C=O) groups is 1. The third kappa shape index (κ3) is 3.20. The molecule has 3 aliphatic rings. The molecule has 1 N–H and O–H groups in total. The molecule has 1 atom stereocenters. The molecule has 2 aliphatic heterocycles. The fraction of sp³-hybridized carbons (Fsp3) is 0.667. The summed E-state index contributed by atoms with van der Waals surface area (Å²) in [5, 5.41) is 16.2. The van der Waals surface area contributed by atoms with Gasteiger partial charge in [-0.3, -0.25) is 0 Å². The van der Waals surface area contributed by atoms with Crippen molar-refractivity contribution in [1.29, 1.82) is 0 Å². The van der Waals surface area contributed by atoms with Crippen molar-refractivity contribution in [3.63, 3.8) is 0 Å². The maximum atomic E-state index is 12.3. The molecule has 1 saturated carbocycles. The number of fused-ring (bicyclic) bond motifs is 1. The van der Waals surface area contributed by atoms with Crippen molar-refractivity contribution in [2.24, 2.45) is 0 Å². The van der Waals surface area contributed by atoms with Crippen molar-refractivity contribution in [3.05, 3.63) is 18.0 Å². The quantitative estimate of drug-likeness (QED) is 0.844. The van der Waals surface area contributed by atoms with Crippen molar-refractivity contribution in [2.45, 2.75) is 43.7 Å². The number of anilines is 1. The lowest BCUT2D eigenvalue weighted by Gasteiger charge is -2.44. The zero-order valence-corrected chi connectivity index (χ0v) is 15.5. The maximum Gasteiger partial charge on any atom is 0.317 e. The van der Waals surface area contributed by atoms with Crippen LogP contribution in [0.25, 0.3) is 5.65 Å². The molecule has 9 nitrogen and oxygen atoms in total. The molecule has 144 valence electrons. The highest BCUT2D eigenvalue weighted by Crippen LogP contribution is 2.38. The molecule has 1 aliphatic carbocycles. The van der Waals surface area contributed by atoms with Crippen molar-refractivity contribution >= 4 is 17.5 Å². The molecule has 2 saturated heterocycles. The minimum absolute atomic E-state index is 0.0339. The summed E-state index contributed by atoms with van der Waals surface area (Å²) in [6, 6.07) is 4.10. The molecule has 0 bridgehead atoms. The summed E-state index contributed by atoms with van der Waals surface area (Å²) >= 11 is 0. The lowest BCUT2D eigenvalue weighted by atomic mass is 10.1. The summed E-state index contributed by atoms with van der Waals surface area (Å²) in [7, 11) is 1.86. The molecule has 0 radical (unpaired) electrons. The van der Waals surface area contributed by atoms with Crippen molar-refractivity contribution in [3.8, 4) is 0 Å². The molecule has 5 rings (SSSR count). The molecule has 2 aromatic rings. The highest BCUT2D eigenvalue weighted by atomic mass is 16.5. The third-order valence-corrected chi connectivity index (χ3v) is 5.77. The molecule has 4 heterocycles. The normalized spacial score (nSPS) is 22.9. The maximum absolute atomic E-state index is 12.3. The van der Waals surface area contributed by atoms with E-state index < -0.39 is 0 Å². The van der Waals surface area contributed by atoms with E-state index in [2.05, 4.69) is 20.4 Å². The molecule has 0 spiro atoms. The standard InChI is InChI=1S/C18H25N7O2/c1-23(18(26)19-9-14-3-2-8-27-14)13-10-24(11-13)16-7-6-15-20-21-17(12-4-5-12)25(15)22-16/h6-7,12-14H,2-5,8-11H2,1H3,(H,19,26). The fourth-order valence-electron chi connectivity index (χ4n) is 3.74. The van der Waals surface area contributed by atoms with Gasteiger partial charge >= 0.3 is 6.03 Å². The van der Waals surface area contributed by atoms with E-state index in [1.807, 2.05) is 23.7 Å². The van der Waals surface area contributed by atoms with Crippen LogP contribution in [0, 0.1) is 0 Å². The van der Waals surface area contributed by atoms with E-state index in [1.165, 1.54) is 12.8 Å². The lowest BCUT2D eigenvalue weighted by Crippen LogP contribution is -2.61. The van der Waals surface area contributed by atoms with Crippen LogP contribution in [-0.4, -0.2) is 76.2 Å². The number of hydrogen-bond acceptors (Lipinski definition) is 6. The topological polar surface area (TPSA) is 87.9 Å². The van der Waals surface area contributed by atoms with Gasteiger partial charge in [-0.2, -0.15) is 4.52 Å². The molecule has 9 heteroatoms. The molecule has 3 fully saturated rings. The third-order valence-electron chi connectivity index (χ3n) is 5.77. The van der Waals surface area contributed by atoms with E-state index >= 15 is 0 Å². The van der Waals surface area contributed by atoms with Crippen LogP contribution in [0.3, 0.4) is 0 Å². The van der Waals surface area contributed by atoms with Gasteiger partial charge < -0.3 is 19.9 Å². The smallest absolute Gasteiger partial charge is 0.317 e. The SMILES string of the molecule is CN(C(=O)NCC1CCCO1)C1CN(c2ccc3nnc(C4CC4)n3n2)C1. The average molecular weight is 371 g/mol. The van der Waals surface area contributed by atoms with Gasteiger partial charge in [0.05, 0.1) is 12.1 Å². The predicted octanol–water partition coefficient (Wildman–Crippen LogP) is 1.01. The molecule has 1 unspecified atom stereocenters. The Morgan fingerprint density at radius 3 is 2.89 bits per heavy atom. The Hall–Kier alpha value is -2.42. The molecule has 2 amide bonds. The minimum atomic E-state index is -0.0339. The van der Waals surface area contributed by atoms with Gasteiger partial charge in [-0.25, -0.2) is 4.79 Å². The van der Waals surface area contributed by atoms with Gasteiger partial charge in [0.2, 0.25) is 0 Å². The van der Waals surface area contributed by atoms with Crippen molar-refractivity contribution in [2.75, 3.05) is 38.2 Å². The van der Waals surface area contributed by atoms with Gasteiger partial charge in [-0.05, 0) is 37.8 Å². The first-order chi connectivity index (χ1) is 13.2. The summed E-state index contributed by atoms with van der Waals surface area (Å²) < 4.78 is 7.43. The zero-order valence-electron chi connectivity index (χ0n) is 15.5. The number of urea groups is 1. The Bertz CT molecular complexity index is 837. The van der Waals surface area contributed by atoms with Gasteiger partial charge in [0.15, 0.2) is 11.5 Å². The van der Waals surface area contributed by atoms with Crippen LogP contribution in [0.5, 0.6) is 0 Å². The summed E-state index contributed by atoms with van der Waals surface area (Å²) in [4.78, 5) is 16.3. The number of carbonyl (C=O) groups excluding carboxylic acids is 1. The van der Waals surface area contributed by atoms with Crippen LogP contribution >= 0.6 is 0 Å². The minimum Gasteiger partial charge on any atom is -0.376 e. The zero-order chi connectivity index (χ0) is 18.4. The van der Waals surface area contributed by atoms with Gasteiger partial charge in [-0.15, -0.1) is 15.3 Å². The number of nitrogens with one attached hydrogen (secondary N) is 1. The summed E-state index contributed by atoms with van der Waals surface area (Å²) in [6.45, 7) is 2.96. The number of rotatable bonds is 5. The Kier molecular flexibility index (Phi) is 4.11. The van der Waals surface area contributed by atoms with Crippen LogP contribution in [0.15, 0.2) is 12.1 Å². The van der Waals surface area contributed by atoms with E-state index in [0.29, 0.717) is 12.5 Å². The number of likely N-dealkylation sites (N-methyl/N-ethyl adjacent to an activating group) is 1. The van der Waals surface area contributed by atoms with Crippen LogP contribution in [0.4, 0.5) is 10.6 Å². The number of ether oxygens (including phenoxy) is 1. The Morgan fingerprint density at radius 2 is 2.15 bits per heavy atom. The second-order valence-corrected chi connectivity index (χ2v) is 7.78. The highest BCUT2D eigenvalue weighted by Gasteiger charge is 2.34. The molecule has 2 aromatic heterocycles. The largest absolute Gasteiger partial charge is 0.376 e. The molecular formula is C18H25N7O2. The lowest BCUT2D eigenvalue weighted by molar-refractivity contribution is 0.107. The Morgan fingerprint density at radius 1 is 1.30 bits per heavy atom. The van der Waals surface area contributed by atoms with E-state index in [1.54, 1.807) is 4.90 Å².